The molecule has 0 radical (unpaired) electrons. The molecule has 0 aliphatic carbocycles. The number of hydrogen-bond acceptors (Lipinski definition) is 2. The van der Waals surface area contributed by atoms with Crippen molar-refractivity contribution < 1.29 is 4.79 Å². The molecule has 2 rings (SSSR count). The number of benzene rings is 1. The SMILES string of the molecule is O=C(Cl)c1ncn(Cc2ccccc2)c1Cl. The molecular weight excluding hydrogens is 247 g/mol. The standard InChI is InChI=1S/C11H8Cl2N2O/c12-10-9(11(13)16)14-7-15(10)6-8-4-2-1-3-5-8/h1-5,7H,6H2. The van der Waals surface area contributed by atoms with Crippen LogP contribution in [-0.2, 0) is 6.54 Å². The highest BCUT2D eigenvalue weighted by Gasteiger charge is 2.14. The minimum atomic E-state index is -0.642. The Kier molecular flexibility index (Phi) is 3.27. The highest BCUT2D eigenvalue weighted by atomic mass is 35.5. The van der Waals surface area contributed by atoms with Gasteiger partial charge >= 0.3 is 0 Å². The average molecular weight is 255 g/mol. The van der Waals surface area contributed by atoms with Crippen LogP contribution in [-0.4, -0.2) is 14.8 Å². The Balaban J connectivity index is 2.26. The molecule has 16 heavy (non-hydrogen) atoms. The maximum atomic E-state index is 10.9. The number of carbonyl (C=O) groups excluding carboxylic acids is 1. The molecule has 3 nitrogen and oxygen atoms in total. The predicted octanol–water partition coefficient (Wildman–Crippen LogP) is 2.96. The Labute approximate surface area is 103 Å². The molecule has 0 saturated carbocycles. The van der Waals surface area contributed by atoms with E-state index in [4.69, 9.17) is 23.2 Å². The molecular formula is C11H8Cl2N2O. The first-order chi connectivity index (χ1) is 7.68. The molecule has 0 spiro atoms. The van der Waals surface area contributed by atoms with Crippen LogP contribution in [0.2, 0.25) is 5.15 Å². The molecule has 0 aliphatic rings. The van der Waals surface area contributed by atoms with E-state index < -0.39 is 5.24 Å². The highest BCUT2D eigenvalue weighted by molar-refractivity contribution is 6.68. The van der Waals surface area contributed by atoms with E-state index in [1.807, 2.05) is 30.3 Å². The van der Waals surface area contributed by atoms with Gasteiger partial charge in [-0.05, 0) is 17.2 Å². The number of imidazole rings is 1. The first kappa shape index (κ1) is 11.2. The van der Waals surface area contributed by atoms with Gasteiger partial charge < -0.3 is 4.57 Å². The number of hydrogen-bond donors (Lipinski definition) is 0. The third-order valence-electron chi connectivity index (χ3n) is 2.16. The lowest BCUT2D eigenvalue weighted by molar-refractivity contribution is 0.107. The molecule has 0 unspecified atom stereocenters. The number of nitrogens with zero attached hydrogens (tertiary/aromatic N) is 2. The van der Waals surface area contributed by atoms with Crippen LogP contribution in [0.5, 0.6) is 0 Å². The van der Waals surface area contributed by atoms with Crippen molar-refractivity contribution in [2.24, 2.45) is 0 Å². The van der Waals surface area contributed by atoms with Crippen molar-refractivity contribution in [1.29, 1.82) is 0 Å². The van der Waals surface area contributed by atoms with Gasteiger partial charge in [0.1, 0.15) is 5.15 Å². The quantitative estimate of drug-likeness (QED) is 0.790. The molecule has 0 amide bonds. The van der Waals surface area contributed by atoms with Crippen molar-refractivity contribution in [3.8, 4) is 0 Å². The molecule has 82 valence electrons. The van der Waals surface area contributed by atoms with E-state index >= 15 is 0 Å². The fraction of sp³-hybridized carbons (Fsp3) is 0.0909. The second kappa shape index (κ2) is 4.68. The molecule has 0 fully saturated rings. The van der Waals surface area contributed by atoms with Crippen molar-refractivity contribution >= 4 is 28.4 Å². The first-order valence-corrected chi connectivity index (χ1v) is 5.38. The minimum absolute atomic E-state index is 0.0965. The van der Waals surface area contributed by atoms with Crippen molar-refractivity contribution in [2.45, 2.75) is 6.54 Å². The zero-order valence-electron chi connectivity index (χ0n) is 8.23. The number of carbonyl (C=O) groups is 1. The van der Waals surface area contributed by atoms with E-state index in [0.717, 1.165) is 5.56 Å². The average Bonchev–Trinajstić information content (AvgIpc) is 2.62. The molecule has 1 aromatic heterocycles. The molecule has 2 aromatic rings. The number of rotatable bonds is 3. The lowest BCUT2D eigenvalue weighted by Gasteiger charge is -2.03. The summed E-state index contributed by atoms with van der Waals surface area (Å²) >= 11 is 11.3. The molecule has 5 heteroatoms. The van der Waals surface area contributed by atoms with Gasteiger partial charge in [0, 0.05) is 6.54 Å². The van der Waals surface area contributed by atoms with Crippen molar-refractivity contribution in [3.63, 3.8) is 0 Å². The molecule has 0 atom stereocenters. The lowest BCUT2D eigenvalue weighted by Crippen LogP contribution is -1.99. The van der Waals surface area contributed by atoms with E-state index in [2.05, 4.69) is 4.98 Å². The van der Waals surface area contributed by atoms with E-state index in [-0.39, 0.29) is 10.8 Å². The summed E-state index contributed by atoms with van der Waals surface area (Å²) in [6.07, 6.45) is 1.50. The van der Waals surface area contributed by atoms with Crippen molar-refractivity contribution in [1.82, 2.24) is 9.55 Å². The van der Waals surface area contributed by atoms with Crippen LogP contribution in [0.15, 0.2) is 36.7 Å². The van der Waals surface area contributed by atoms with Crippen molar-refractivity contribution in [2.75, 3.05) is 0 Å². The Morgan fingerprint density at radius 2 is 2.00 bits per heavy atom. The van der Waals surface area contributed by atoms with Gasteiger partial charge in [-0.2, -0.15) is 0 Å². The Morgan fingerprint density at radius 3 is 2.56 bits per heavy atom. The van der Waals surface area contributed by atoms with E-state index in [9.17, 15) is 4.79 Å². The fourth-order valence-corrected chi connectivity index (χ4v) is 1.81. The second-order valence-electron chi connectivity index (χ2n) is 3.27. The largest absolute Gasteiger partial charge is 0.317 e. The molecule has 1 aromatic carbocycles. The zero-order valence-corrected chi connectivity index (χ0v) is 9.74. The van der Waals surface area contributed by atoms with Gasteiger partial charge in [-0.3, -0.25) is 4.79 Å². The van der Waals surface area contributed by atoms with Crippen LogP contribution in [0.4, 0.5) is 0 Å². The molecule has 0 bridgehead atoms. The van der Waals surface area contributed by atoms with Crippen LogP contribution in [0.25, 0.3) is 0 Å². The second-order valence-corrected chi connectivity index (χ2v) is 3.97. The first-order valence-electron chi connectivity index (χ1n) is 4.63. The Morgan fingerprint density at radius 1 is 1.31 bits per heavy atom. The fourth-order valence-electron chi connectivity index (χ4n) is 1.39. The maximum absolute atomic E-state index is 10.9. The van der Waals surface area contributed by atoms with Crippen LogP contribution >= 0.6 is 23.2 Å². The van der Waals surface area contributed by atoms with E-state index in [1.54, 1.807) is 4.57 Å². The smallest absolute Gasteiger partial charge is 0.274 e. The molecule has 0 aliphatic heterocycles. The summed E-state index contributed by atoms with van der Waals surface area (Å²) < 4.78 is 1.67. The van der Waals surface area contributed by atoms with Gasteiger partial charge in [0.05, 0.1) is 6.33 Å². The van der Waals surface area contributed by atoms with Gasteiger partial charge in [-0.15, -0.1) is 0 Å². The van der Waals surface area contributed by atoms with Gasteiger partial charge in [-0.1, -0.05) is 41.9 Å². The van der Waals surface area contributed by atoms with Gasteiger partial charge in [0.2, 0.25) is 0 Å². The van der Waals surface area contributed by atoms with E-state index in [0.29, 0.717) is 6.54 Å². The summed E-state index contributed by atoms with van der Waals surface area (Å²) in [4.78, 5) is 14.8. The van der Waals surface area contributed by atoms with Crippen LogP contribution in [0.1, 0.15) is 16.1 Å². The van der Waals surface area contributed by atoms with Gasteiger partial charge in [0.15, 0.2) is 5.69 Å². The van der Waals surface area contributed by atoms with Crippen LogP contribution < -0.4 is 0 Å². The molecule has 0 N–H and O–H groups in total. The minimum Gasteiger partial charge on any atom is -0.317 e. The third kappa shape index (κ3) is 2.26. The Hall–Kier alpha value is -1.32. The summed E-state index contributed by atoms with van der Waals surface area (Å²) in [5.41, 5.74) is 1.18. The monoisotopic (exact) mass is 254 g/mol. The summed E-state index contributed by atoms with van der Waals surface area (Å²) in [7, 11) is 0. The lowest BCUT2D eigenvalue weighted by atomic mass is 10.2. The number of halogens is 2. The number of aromatic nitrogens is 2. The summed E-state index contributed by atoms with van der Waals surface area (Å²) in [6.45, 7) is 0.566. The zero-order chi connectivity index (χ0) is 11.5. The topological polar surface area (TPSA) is 34.9 Å². The molecule has 0 saturated heterocycles. The van der Waals surface area contributed by atoms with Crippen LogP contribution in [0.3, 0.4) is 0 Å². The summed E-state index contributed by atoms with van der Waals surface area (Å²) in [6, 6.07) is 9.76. The molecule has 1 heterocycles. The van der Waals surface area contributed by atoms with E-state index in [1.165, 1.54) is 6.33 Å². The maximum Gasteiger partial charge on any atom is 0.274 e. The van der Waals surface area contributed by atoms with Crippen molar-refractivity contribution in [3.05, 3.63) is 53.1 Å². The van der Waals surface area contributed by atoms with Crippen LogP contribution in [0, 0.1) is 0 Å². The normalized spacial score (nSPS) is 10.4. The van der Waals surface area contributed by atoms with Gasteiger partial charge in [0.25, 0.3) is 5.24 Å². The third-order valence-corrected chi connectivity index (χ3v) is 2.73. The Bertz CT molecular complexity index is 508. The summed E-state index contributed by atoms with van der Waals surface area (Å²) in [5.74, 6) is 0. The summed E-state index contributed by atoms with van der Waals surface area (Å²) in [5, 5.41) is -0.374. The van der Waals surface area contributed by atoms with Gasteiger partial charge in [-0.25, -0.2) is 4.98 Å². The highest BCUT2D eigenvalue weighted by Crippen LogP contribution is 2.17. The predicted molar refractivity (Wildman–Crippen MR) is 63.0 cm³/mol.